The Balaban J connectivity index is 0.000000235. The number of carboxylic acids is 1. The number of nitro groups is 1. The highest BCUT2D eigenvalue weighted by atomic mass is 16.6. The van der Waals surface area contributed by atoms with Crippen LogP contribution < -0.4 is 5.73 Å². The zero-order chi connectivity index (χ0) is 16.5. The summed E-state index contributed by atoms with van der Waals surface area (Å²) in [7, 11) is 0. The number of benzene rings is 1. The number of aromatic nitrogens is 1. The van der Waals surface area contributed by atoms with Crippen LogP contribution in [0.3, 0.4) is 0 Å². The first-order valence-corrected chi connectivity index (χ1v) is 6.22. The van der Waals surface area contributed by atoms with Gasteiger partial charge in [0.05, 0.1) is 11.0 Å². The first-order valence-electron chi connectivity index (χ1n) is 6.22. The van der Waals surface area contributed by atoms with E-state index < -0.39 is 17.0 Å². The number of rotatable bonds is 4. The highest BCUT2D eigenvalue weighted by Crippen LogP contribution is 2.16. The third-order valence-electron chi connectivity index (χ3n) is 2.60. The van der Waals surface area contributed by atoms with E-state index in [0.29, 0.717) is 5.56 Å². The molecule has 0 amide bonds. The zero-order valence-electron chi connectivity index (χ0n) is 11.5. The summed E-state index contributed by atoms with van der Waals surface area (Å²) in [4.78, 5) is 23.5. The lowest BCUT2D eigenvalue weighted by atomic mass is 10.1. The van der Waals surface area contributed by atoms with E-state index in [1.54, 1.807) is 12.1 Å². The van der Waals surface area contributed by atoms with Crippen molar-refractivity contribution in [2.24, 2.45) is 5.73 Å². The van der Waals surface area contributed by atoms with E-state index in [1.807, 2.05) is 0 Å². The number of carboxylic acid groups (broad SMARTS) is 1. The van der Waals surface area contributed by atoms with Crippen LogP contribution in [0.15, 0.2) is 48.7 Å². The molecule has 1 unspecified atom stereocenters. The highest BCUT2D eigenvalue weighted by molar-refractivity contribution is 5.85. The first kappa shape index (κ1) is 17.2. The molecule has 2 rings (SSSR count). The minimum Gasteiger partial charge on any atom is -0.477 e. The average molecular weight is 305 g/mol. The largest absolute Gasteiger partial charge is 0.477 e. The van der Waals surface area contributed by atoms with Gasteiger partial charge in [0.25, 0.3) is 5.69 Å². The van der Waals surface area contributed by atoms with Crippen LogP contribution in [0.1, 0.15) is 22.2 Å². The first-order chi connectivity index (χ1) is 10.5. The molecule has 0 aliphatic rings. The van der Waals surface area contributed by atoms with Crippen molar-refractivity contribution in [3.8, 4) is 0 Å². The van der Waals surface area contributed by atoms with Crippen molar-refractivity contribution in [2.45, 2.75) is 6.10 Å². The van der Waals surface area contributed by atoms with Gasteiger partial charge in [-0.3, -0.25) is 10.1 Å². The number of aliphatic hydroxyl groups is 1. The Kier molecular flexibility index (Phi) is 6.61. The van der Waals surface area contributed by atoms with Gasteiger partial charge in [0, 0.05) is 24.9 Å². The van der Waals surface area contributed by atoms with Crippen LogP contribution in [-0.2, 0) is 0 Å². The van der Waals surface area contributed by atoms with Gasteiger partial charge in [0.1, 0.15) is 5.69 Å². The highest BCUT2D eigenvalue weighted by Gasteiger charge is 2.08. The van der Waals surface area contributed by atoms with E-state index in [9.17, 15) is 20.0 Å². The Morgan fingerprint density at radius 3 is 2.27 bits per heavy atom. The summed E-state index contributed by atoms with van der Waals surface area (Å²) < 4.78 is 0. The molecule has 0 saturated heterocycles. The van der Waals surface area contributed by atoms with Crippen molar-refractivity contribution in [2.75, 3.05) is 6.54 Å². The number of aromatic carboxylic acids is 1. The summed E-state index contributed by atoms with van der Waals surface area (Å²) in [5.74, 6) is -0.990. The minimum atomic E-state index is -0.990. The third kappa shape index (κ3) is 5.27. The smallest absolute Gasteiger partial charge is 0.354 e. The third-order valence-corrected chi connectivity index (χ3v) is 2.60. The van der Waals surface area contributed by atoms with Crippen LogP contribution in [-0.4, -0.2) is 32.6 Å². The van der Waals surface area contributed by atoms with Gasteiger partial charge in [-0.15, -0.1) is 0 Å². The molecule has 8 nitrogen and oxygen atoms in total. The van der Waals surface area contributed by atoms with Gasteiger partial charge < -0.3 is 15.9 Å². The van der Waals surface area contributed by atoms with Crippen LogP contribution >= 0.6 is 0 Å². The number of hydrogen-bond donors (Lipinski definition) is 3. The lowest BCUT2D eigenvalue weighted by Crippen LogP contribution is -2.11. The lowest BCUT2D eigenvalue weighted by molar-refractivity contribution is -0.384. The van der Waals surface area contributed by atoms with Gasteiger partial charge in [0.15, 0.2) is 0 Å². The molecule has 0 saturated carbocycles. The van der Waals surface area contributed by atoms with Crippen LogP contribution in [0.4, 0.5) is 5.69 Å². The summed E-state index contributed by atoms with van der Waals surface area (Å²) in [6.45, 7) is 0.109. The molecule has 2 aromatic rings. The Morgan fingerprint density at radius 1 is 1.27 bits per heavy atom. The van der Waals surface area contributed by atoms with Crippen LogP contribution in [0.25, 0.3) is 0 Å². The molecule has 22 heavy (non-hydrogen) atoms. The molecular weight excluding hydrogens is 290 g/mol. The van der Waals surface area contributed by atoms with Crippen molar-refractivity contribution >= 4 is 11.7 Å². The molecule has 1 atom stereocenters. The topological polar surface area (TPSA) is 140 Å². The molecule has 0 radical (unpaired) electrons. The summed E-state index contributed by atoms with van der Waals surface area (Å²) in [6, 6.07) is 10.4. The standard InChI is InChI=1S/C8H10N2O3.C6H5NO2/c9-5-8(11)6-1-3-7(4-2-6)10(12)13;8-6(9)5-3-1-2-4-7-5/h1-4,8,11H,5,9H2;1-4H,(H,8,9). The maximum atomic E-state index is 10.3. The number of nitrogens with zero attached hydrogens (tertiary/aromatic N) is 2. The van der Waals surface area contributed by atoms with Gasteiger partial charge >= 0.3 is 5.97 Å². The molecule has 1 heterocycles. The fourth-order valence-corrected chi connectivity index (χ4v) is 1.44. The molecule has 0 aliphatic heterocycles. The second kappa shape index (κ2) is 8.45. The van der Waals surface area contributed by atoms with Crippen LogP contribution in [0, 0.1) is 10.1 Å². The second-order valence-electron chi connectivity index (χ2n) is 4.12. The molecule has 0 fully saturated rings. The minimum absolute atomic E-state index is 0.00738. The van der Waals surface area contributed by atoms with Gasteiger partial charge in [-0.25, -0.2) is 9.78 Å². The maximum Gasteiger partial charge on any atom is 0.354 e. The normalized spacial score (nSPS) is 11.0. The molecular formula is C14H15N3O5. The Hall–Kier alpha value is -2.84. The molecule has 4 N–H and O–H groups in total. The quantitative estimate of drug-likeness (QED) is 0.572. The van der Waals surface area contributed by atoms with Gasteiger partial charge in [-0.1, -0.05) is 6.07 Å². The Bertz CT molecular complexity index is 616. The molecule has 1 aromatic heterocycles. The van der Waals surface area contributed by atoms with Gasteiger partial charge in [-0.2, -0.15) is 0 Å². The van der Waals surface area contributed by atoms with Crippen molar-refractivity contribution in [1.29, 1.82) is 0 Å². The van der Waals surface area contributed by atoms with Crippen molar-refractivity contribution in [1.82, 2.24) is 4.98 Å². The summed E-state index contributed by atoms with van der Waals surface area (Å²) in [5, 5.41) is 27.9. The Morgan fingerprint density at radius 2 is 1.91 bits per heavy atom. The predicted molar refractivity (Wildman–Crippen MR) is 78.3 cm³/mol. The maximum absolute atomic E-state index is 10.3. The van der Waals surface area contributed by atoms with E-state index >= 15 is 0 Å². The Labute approximate surface area is 126 Å². The summed E-state index contributed by atoms with van der Waals surface area (Å²) >= 11 is 0. The number of aliphatic hydroxyl groups excluding tert-OH is 1. The number of hydrogen-bond acceptors (Lipinski definition) is 6. The molecule has 8 heteroatoms. The van der Waals surface area contributed by atoms with Crippen LogP contribution in [0.5, 0.6) is 0 Å². The van der Waals surface area contributed by atoms with E-state index in [1.165, 1.54) is 36.5 Å². The van der Waals surface area contributed by atoms with Gasteiger partial charge in [-0.05, 0) is 29.8 Å². The fourth-order valence-electron chi connectivity index (χ4n) is 1.44. The van der Waals surface area contributed by atoms with Crippen molar-refractivity contribution < 1.29 is 19.9 Å². The summed E-state index contributed by atoms with van der Waals surface area (Å²) in [5.41, 5.74) is 5.90. The molecule has 0 spiro atoms. The number of carbonyl (C=O) groups is 1. The number of nitro benzene ring substituents is 1. The fraction of sp³-hybridized carbons (Fsp3) is 0.143. The van der Waals surface area contributed by atoms with Crippen molar-refractivity contribution in [3.05, 3.63) is 70.0 Å². The van der Waals surface area contributed by atoms with E-state index in [0.717, 1.165) is 0 Å². The molecule has 0 bridgehead atoms. The van der Waals surface area contributed by atoms with Crippen molar-refractivity contribution in [3.63, 3.8) is 0 Å². The van der Waals surface area contributed by atoms with E-state index in [4.69, 9.17) is 10.8 Å². The van der Waals surface area contributed by atoms with E-state index in [2.05, 4.69) is 4.98 Å². The summed E-state index contributed by atoms with van der Waals surface area (Å²) in [6.07, 6.45) is 0.699. The SMILES string of the molecule is NCC(O)c1ccc([N+](=O)[O-])cc1.O=C(O)c1ccccn1. The average Bonchev–Trinajstić information content (AvgIpc) is 2.55. The van der Waals surface area contributed by atoms with Gasteiger partial charge in [0.2, 0.25) is 0 Å². The molecule has 116 valence electrons. The zero-order valence-corrected chi connectivity index (χ0v) is 11.5. The van der Waals surface area contributed by atoms with Crippen LogP contribution in [0.2, 0.25) is 0 Å². The number of nitrogens with two attached hydrogens (primary N) is 1. The molecule has 1 aromatic carbocycles. The van der Waals surface area contributed by atoms with E-state index in [-0.39, 0.29) is 17.9 Å². The lowest BCUT2D eigenvalue weighted by Gasteiger charge is -2.06. The number of non-ortho nitro benzene ring substituents is 1. The number of pyridine rings is 1. The monoisotopic (exact) mass is 305 g/mol. The second-order valence-corrected chi connectivity index (χ2v) is 4.12. The predicted octanol–water partition coefficient (Wildman–Crippen LogP) is 1.37. The molecule has 0 aliphatic carbocycles.